The molecule has 0 bridgehead atoms. The normalized spacial score (nSPS) is 17.5. The van der Waals surface area contributed by atoms with Gasteiger partial charge in [-0.05, 0) is 31.0 Å². The van der Waals surface area contributed by atoms with Gasteiger partial charge in [-0.25, -0.2) is 4.79 Å². The van der Waals surface area contributed by atoms with Gasteiger partial charge >= 0.3 is 6.03 Å². The summed E-state index contributed by atoms with van der Waals surface area (Å²) in [6.07, 6.45) is 4.27. The van der Waals surface area contributed by atoms with Crippen LogP contribution in [0.25, 0.3) is 0 Å². The van der Waals surface area contributed by atoms with Gasteiger partial charge in [0.15, 0.2) is 18.0 Å². The number of benzene rings is 1. The first-order chi connectivity index (χ1) is 11.6. The molecule has 3 N–H and O–H groups in total. The average molecular weight is 334 g/mol. The van der Waals surface area contributed by atoms with Crippen molar-refractivity contribution in [3.05, 3.63) is 23.8 Å². The van der Waals surface area contributed by atoms with Gasteiger partial charge in [-0.15, -0.1) is 0 Å². The molecule has 1 heterocycles. The minimum absolute atomic E-state index is 0.205. The summed E-state index contributed by atoms with van der Waals surface area (Å²) in [5.41, 5.74) is 1.06. The molecule has 3 rings (SSSR count). The molecule has 1 aromatic rings. The highest BCUT2D eigenvalue weighted by Crippen LogP contribution is 2.32. The number of rotatable bonds is 5. The summed E-state index contributed by atoms with van der Waals surface area (Å²) in [4.78, 5) is 24.8. The number of ether oxygens (including phenoxy) is 2. The van der Waals surface area contributed by atoms with Crippen molar-refractivity contribution in [3.63, 3.8) is 0 Å². The van der Waals surface area contributed by atoms with E-state index < -0.39 is 0 Å². The Hall–Kier alpha value is -2.28. The Morgan fingerprint density at radius 3 is 2.75 bits per heavy atom. The lowest BCUT2D eigenvalue weighted by molar-refractivity contribution is -0.885. The number of imide groups is 1. The van der Waals surface area contributed by atoms with Gasteiger partial charge in [0.05, 0.1) is 7.05 Å². The maximum absolute atomic E-state index is 12.0. The van der Waals surface area contributed by atoms with Crippen molar-refractivity contribution in [2.24, 2.45) is 0 Å². The molecular weight excluding hydrogens is 310 g/mol. The third-order valence-corrected chi connectivity index (χ3v) is 4.35. The van der Waals surface area contributed by atoms with E-state index in [0.717, 1.165) is 47.6 Å². The van der Waals surface area contributed by atoms with Crippen LogP contribution in [0.4, 0.5) is 4.79 Å². The van der Waals surface area contributed by atoms with E-state index in [4.69, 9.17) is 9.47 Å². The number of nitrogens with one attached hydrogen (secondary N) is 3. The van der Waals surface area contributed by atoms with E-state index in [-0.39, 0.29) is 31.3 Å². The van der Waals surface area contributed by atoms with Crippen molar-refractivity contribution in [2.75, 3.05) is 20.4 Å². The van der Waals surface area contributed by atoms with Crippen LogP contribution in [0.3, 0.4) is 0 Å². The number of quaternary nitrogens is 1. The van der Waals surface area contributed by atoms with Crippen LogP contribution < -0.4 is 25.0 Å². The van der Waals surface area contributed by atoms with Crippen molar-refractivity contribution in [3.8, 4) is 11.5 Å². The first-order valence-electron chi connectivity index (χ1n) is 8.40. The first-order valence-corrected chi connectivity index (χ1v) is 8.40. The summed E-state index contributed by atoms with van der Waals surface area (Å²) in [6.45, 7) is 1.14. The quantitative estimate of drug-likeness (QED) is 0.718. The third-order valence-electron chi connectivity index (χ3n) is 4.35. The van der Waals surface area contributed by atoms with Gasteiger partial charge in [0.1, 0.15) is 6.54 Å². The summed E-state index contributed by atoms with van der Waals surface area (Å²) in [5.74, 6) is 1.21. The van der Waals surface area contributed by atoms with E-state index >= 15 is 0 Å². The topological polar surface area (TPSA) is 81.1 Å². The molecule has 3 amide bonds. The van der Waals surface area contributed by atoms with Crippen LogP contribution in [0.15, 0.2) is 18.2 Å². The van der Waals surface area contributed by atoms with Gasteiger partial charge in [0, 0.05) is 11.6 Å². The van der Waals surface area contributed by atoms with Crippen LogP contribution in [-0.4, -0.2) is 38.4 Å². The largest absolute Gasteiger partial charge is 0.454 e. The van der Waals surface area contributed by atoms with Crippen LogP contribution in [0.1, 0.15) is 31.2 Å². The lowest BCUT2D eigenvalue weighted by Crippen LogP contribution is -3.09. The zero-order valence-corrected chi connectivity index (χ0v) is 13.9. The van der Waals surface area contributed by atoms with E-state index in [0.29, 0.717) is 6.54 Å². The van der Waals surface area contributed by atoms with Crippen LogP contribution in [0, 0.1) is 0 Å². The molecule has 1 aromatic carbocycles. The Balaban J connectivity index is 1.43. The van der Waals surface area contributed by atoms with Crippen LogP contribution in [-0.2, 0) is 11.3 Å². The standard InChI is InChI=1S/C17H23N3O4/c1-20(9-12-6-7-14-15(8-12)24-11-23-14)10-16(21)19-17(22)18-13-4-2-3-5-13/h6-8,13H,2-5,9-11H2,1H3,(H2,18,19,21,22)/p+1. The number of carbonyl (C=O) groups is 2. The number of carbonyl (C=O) groups excluding carboxylic acids is 2. The maximum atomic E-state index is 12.0. The van der Waals surface area contributed by atoms with Gasteiger partial charge in [-0.3, -0.25) is 10.1 Å². The molecule has 7 heteroatoms. The summed E-state index contributed by atoms with van der Waals surface area (Å²) < 4.78 is 10.6. The zero-order chi connectivity index (χ0) is 16.9. The van der Waals surface area contributed by atoms with Crippen molar-refractivity contribution < 1.29 is 24.0 Å². The average Bonchev–Trinajstić information content (AvgIpc) is 3.17. The summed E-state index contributed by atoms with van der Waals surface area (Å²) in [5, 5.41) is 5.26. The molecule has 1 unspecified atom stereocenters. The van der Waals surface area contributed by atoms with Gasteiger partial charge in [-0.1, -0.05) is 12.8 Å². The second-order valence-corrected chi connectivity index (χ2v) is 6.50. The first kappa shape index (κ1) is 16.6. The molecular formula is C17H24N3O4+. The smallest absolute Gasteiger partial charge is 0.321 e. The summed E-state index contributed by atoms with van der Waals surface area (Å²) >= 11 is 0. The van der Waals surface area contributed by atoms with E-state index in [1.165, 1.54) is 0 Å². The molecule has 130 valence electrons. The number of fused-ring (bicyclic) bond motifs is 1. The minimum atomic E-state index is -0.386. The predicted molar refractivity (Wildman–Crippen MR) is 87.0 cm³/mol. The molecule has 2 aliphatic rings. The van der Waals surface area contributed by atoms with Crippen molar-refractivity contribution >= 4 is 11.9 Å². The van der Waals surface area contributed by atoms with E-state index in [2.05, 4.69) is 10.6 Å². The Morgan fingerprint density at radius 2 is 1.96 bits per heavy atom. The van der Waals surface area contributed by atoms with Crippen LogP contribution in [0.5, 0.6) is 11.5 Å². The minimum Gasteiger partial charge on any atom is -0.454 e. The molecule has 1 fully saturated rings. The molecule has 0 aromatic heterocycles. The van der Waals surface area contributed by atoms with E-state index in [9.17, 15) is 9.59 Å². The van der Waals surface area contributed by atoms with Crippen molar-refractivity contribution in [2.45, 2.75) is 38.3 Å². The highest BCUT2D eigenvalue weighted by molar-refractivity contribution is 5.94. The number of likely N-dealkylation sites (N-methyl/N-ethyl adjacent to an activating group) is 1. The van der Waals surface area contributed by atoms with Gasteiger partial charge in [0.2, 0.25) is 6.79 Å². The van der Waals surface area contributed by atoms with Crippen molar-refractivity contribution in [1.29, 1.82) is 0 Å². The molecule has 0 radical (unpaired) electrons. The fourth-order valence-corrected chi connectivity index (χ4v) is 3.20. The van der Waals surface area contributed by atoms with Crippen LogP contribution in [0.2, 0.25) is 0 Å². The second-order valence-electron chi connectivity index (χ2n) is 6.50. The summed E-state index contributed by atoms with van der Waals surface area (Å²) in [6, 6.07) is 5.58. The van der Waals surface area contributed by atoms with Gasteiger partial charge in [0.25, 0.3) is 5.91 Å². The number of hydrogen-bond donors (Lipinski definition) is 3. The van der Waals surface area contributed by atoms with Crippen molar-refractivity contribution in [1.82, 2.24) is 10.6 Å². The van der Waals surface area contributed by atoms with E-state index in [1.807, 2.05) is 25.2 Å². The SMILES string of the molecule is C[NH+](CC(=O)NC(=O)NC1CCCC1)Cc1ccc2c(c1)OCO2. The Bertz CT molecular complexity index is 614. The van der Waals surface area contributed by atoms with E-state index in [1.54, 1.807) is 0 Å². The molecule has 1 aliphatic heterocycles. The number of urea groups is 1. The second kappa shape index (κ2) is 7.53. The van der Waals surface area contributed by atoms with Gasteiger partial charge < -0.3 is 19.7 Å². The maximum Gasteiger partial charge on any atom is 0.321 e. The highest BCUT2D eigenvalue weighted by atomic mass is 16.7. The molecule has 0 saturated heterocycles. The highest BCUT2D eigenvalue weighted by Gasteiger charge is 2.20. The Labute approximate surface area is 141 Å². The molecule has 7 nitrogen and oxygen atoms in total. The molecule has 1 aliphatic carbocycles. The third kappa shape index (κ3) is 4.38. The molecule has 1 atom stereocenters. The zero-order valence-electron chi connectivity index (χ0n) is 13.9. The lowest BCUT2D eigenvalue weighted by atomic mass is 10.2. The molecule has 24 heavy (non-hydrogen) atoms. The lowest BCUT2D eigenvalue weighted by Gasteiger charge is -2.15. The van der Waals surface area contributed by atoms with Gasteiger partial charge in [-0.2, -0.15) is 0 Å². The van der Waals surface area contributed by atoms with Crippen LogP contribution >= 0.6 is 0 Å². The fourth-order valence-electron chi connectivity index (χ4n) is 3.20. The fraction of sp³-hybridized carbons (Fsp3) is 0.529. The predicted octanol–water partition coefficient (Wildman–Crippen LogP) is 0.198. The Morgan fingerprint density at radius 1 is 1.21 bits per heavy atom. The monoisotopic (exact) mass is 334 g/mol. The number of amides is 3. The molecule has 1 saturated carbocycles. The Kier molecular flexibility index (Phi) is 5.20. The number of hydrogen-bond acceptors (Lipinski definition) is 4. The summed E-state index contributed by atoms with van der Waals surface area (Å²) in [7, 11) is 1.92. The molecule has 0 spiro atoms.